The van der Waals surface area contributed by atoms with Crippen molar-refractivity contribution in [2.75, 3.05) is 44.4 Å². The average molecular weight is 379 g/mol. The molecule has 3 heterocycles. The van der Waals surface area contributed by atoms with E-state index in [0.717, 1.165) is 23.2 Å². The van der Waals surface area contributed by atoms with Gasteiger partial charge in [0.25, 0.3) is 5.91 Å². The van der Waals surface area contributed by atoms with Crippen LogP contribution in [0.4, 0.5) is 11.5 Å². The topological polar surface area (TPSA) is 72.0 Å². The van der Waals surface area contributed by atoms with Gasteiger partial charge >= 0.3 is 0 Å². The summed E-state index contributed by atoms with van der Waals surface area (Å²) < 4.78 is 11.1. The van der Waals surface area contributed by atoms with E-state index < -0.39 is 0 Å². The minimum absolute atomic E-state index is 0.0460. The quantitative estimate of drug-likeness (QED) is 0.797. The third-order valence-electron chi connectivity index (χ3n) is 5.53. The van der Waals surface area contributed by atoms with Gasteiger partial charge in [-0.1, -0.05) is 0 Å². The predicted octanol–water partition coefficient (Wildman–Crippen LogP) is 2.21. The maximum atomic E-state index is 12.7. The Morgan fingerprint density at radius 1 is 1.04 bits per heavy atom. The van der Waals surface area contributed by atoms with Gasteiger partial charge in [-0.2, -0.15) is 0 Å². The van der Waals surface area contributed by atoms with Gasteiger partial charge in [-0.15, -0.1) is 0 Å². The fraction of sp³-hybridized carbons (Fsp3) is 0.381. The lowest BCUT2D eigenvalue weighted by Gasteiger charge is -2.31. The third-order valence-corrected chi connectivity index (χ3v) is 5.53. The number of Topliss-reactive ketones (excluding diaryl/α,β-unsaturated/α-hetero) is 1. The number of ketones is 1. The number of pyridine rings is 1. The van der Waals surface area contributed by atoms with Crippen molar-refractivity contribution in [2.24, 2.45) is 0 Å². The van der Waals surface area contributed by atoms with Crippen LogP contribution in [0.15, 0.2) is 30.5 Å². The zero-order chi connectivity index (χ0) is 19.1. The molecule has 1 saturated heterocycles. The summed E-state index contributed by atoms with van der Waals surface area (Å²) in [7, 11) is 0. The standard InChI is InChI=1S/C21H21N3O4/c25-18-4-1-14-11-16(2-3-17(14)18)24-7-10-28-19-12-15(13-22-20(19)24)21(26)23-5-8-27-9-6-23/h2-3,11-13H,1,4-10H2. The number of amides is 1. The molecule has 0 radical (unpaired) electrons. The van der Waals surface area contributed by atoms with Crippen LogP contribution in [0.25, 0.3) is 0 Å². The molecule has 144 valence electrons. The maximum Gasteiger partial charge on any atom is 0.255 e. The van der Waals surface area contributed by atoms with Crippen molar-refractivity contribution in [3.05, 3.63) is 47.2 Å². The molecule has 3 aliphatic rings. The fourth-order valence-electron chi connectivity index (χ4n) is 4.03. The van der Waals surface area contributed by atoms with Crippen molar-refractivity contribution in [2.45, 2.75) is 12.8 Å². The average Bonchev–Trinajstić information content (AvgIpc) is 3.13. The molecule has 1 aromatic heterocycles. The summed E-state index contributed by atoms with van der Waals surface area (Å²) >= 11 is 0. The van der Waals surface area contributed by atoms with Gasteiger partial charge in [-0.3, -0.25) is 9.59 Å². The van der Waals surface area contributed by atoms with Gasteiger partial charge in [-0.05, 0) is 36.2 Å². The van der Waals surface area contributed by atoms with Crippen molar-refractivity contribution in [1.29, 1.82) is 0 Å². The largest absolute Gasteiger partial charge is 0.488 e. The molecule has 2 aromatic rings. The molecule has 0 N–H and O–H groups in total. The number of hydrogen-bond acceptors (Lipinski definition) is 6. The SMILES string of the molecule is O=C1CCc2cc(N3CCOc4cc(C(=O)N5CCOCC5)cnc43)ccc21. The summed E-state index contributed by atoms with van der Waals surface area (Å²) in [6.45, 7) is 3.50. The maximum absolute atomic E-state index is 12.7. The molecule has 1 aromatic carbocycles. The first-order valence-electron chi connectivity index (χ1n) is 9.64. The smallest absolute Gasteiger partial charge is 0.255 e. The molecule has 7 nitrogen and oxygen atoms in total. The minimum Gasteiger partial charge on any atom is -0.488 e. The highest BCUT2D eigenvalue weighted by Crippen LogP contribution is 2.37. The molecule has 0 saturated carbocycles. The van der Waals surface area contributed by atoms with Gasteiger partial charge in [0.2, 0.25) is 0 Å². The number of nitrogens with zero attached hydrogens (tertiary/aromatic N) is 3. The number of anilines is 2. The summed E-state index contributed by atoms with van der Waals surface area (Å²) in [4.78, 5) is 33.0. The molecule has 0 atom stereocenters. The van der Waals surface area contributed by atoms with E-state index in [9.17, 15) is 9.59 Å². The number of aromatic nitrogens is 1. The highest BCUT2D eigenvalue weighted by molar-refractivity contribution is 6.01. The molecule has 0 spiro atoms. The van der Waals surface area contributed by atoms with Crippen molar-refractivity contribution >= 4 is 23.2 Å². The Kier molecular flexibility index (Phi) is 4.24. The van der Waals surface area contributed by atoms with Crippen LogP contribution in [0.2, 0.25) is 0 Å². The van der Waals surface area contributed by atoms with Crippen molar-refractivity contribution in [3.8, 4) is 5.75 Å². The van der Waals surface area contributed by atoms with Gasteiger partial charge in [-0.25, -0.2) is 4.98 Å². The monoisotopic (exact) mass is 379 g/mol. The molecule has 7 heteroatoms. The number of morpholine rings is 1. The fourth-order valence-corrected chi connectivity index (χ4v) is 4.03. The second kappa shape index (κ2) is 6.91. The molecule has 0 unspecified atom stereocenters. The number of carbonyl (C=O) groups excluding carboxylic acids is 2. The molecule has 2 aliphatic heterocycles. The van der Waals surface area contributed by atoms with Crippen LogP contribution < -0.4 is 9.64 Å². The van der Waals surface area contributed by atoms with Gasteiger partial charge in [0, 0.05) is 37.0 Å². The number of fused-ring (bicyclic) bond motifs is 2. The summed E-state index contributed by atoms with van der Waals surface area (Å²) in [5, 5.41) is 0. The molecular formula is C21H21N3O4. The van der Waals surface area contributed by atoms with E-state index in [-0.39, 0.29) is 11.7 Å². The van der Waals surface area contributed by atoms with Gasteiger partial charge in [0.15, 0.2) is 17.4 Å². The predicted molar refractivity (Wildman–Crippen MR) is 103 cm³/mol. The molecule has 1 aliphatic carbocycles. The Bertz CT molecular complexity index is 953. The van der Waals surface area contributed by atoms with Crippen molar-refractivity contribution in [3.63, 3.8) is 0 Å². The van der Waals surface area contributed by atoms with Crippen LogP contribution in [0, 0.1) is 0 Å². The van der Waals surface area contributed by atoms with Crippen LogP contribution in [0.5, 0.6) is 5.75 Å². The summed E-state index contributed by atoms with van der Waals surface area (Å²) in [6, 6.07) is 7.73. The van der Waals surface area contributed by atoms with E-state index in [1.807, 2.05) is 12.1 Å². The third kappa shape index (κ3) is 2.92. The van der Waals surface area contributed by atoms with Crippen LogP contribution in [0.3, 0.4) is 0 Å². The van der Waals surface area contributed by atoms with Crippen LogP contribution in [-0.2, 0) is 11.2 Å². The molecule has 1 fully saturated rings. The van der Waals surface area contributed by atoms with Gasteiger partial charge in [0.05, 0.1) is 25.3 Å². The van der Waals surface area contributed by atoms with Crippen molar-refractivity contribution in [1.82, 2.24) is 9.88 Å². The summed E-state index contributed by atoms with van der Waals surface area (Å²) in [6.07, 6.45) is 3.00. The zero-order valence-electron chi connectivity index (χ0n) is 15.5. The number of benzene rings is 1. The lowest BCUT2D eigenvalue weighted by Crippen LogP contribution is -2.40. The van der Waals surface area contributed by atoms with E-state index in [4.69, 9.17) is 9.47 Å². The van der Waals surface area contributed by atoms with Gasteiger partial charge in [0.1, 0.15) is 6.61 Å². The van der Waals surface area contributed by atoms with E-state index in [1.54, 1.807) is 17.2 Å². The Morgan fingerprint density at radius 2 is 1.89 bits per heavy atom. The van der Waals surface area contributed by atoms with E-state index in [1.165, 1.54) is 0 Å². The molecule has 28 heavy (non-hydrogen) atoms. The molecular weight excluding hydrogens is 358 g/mol. The molecule has 1 amide bonds. The molecule has 5 rings (SSSR count). The van der Waals surface area contributed by atoms with E-state index >= 15 is 0 Å². The highest BCUT2D eigenvalue weighted by atomic mass is 16.5. The van der Waals surface area contributed by atoms with Crippen LogP contribution in [-0.4, -0.2) is 61.0 Å². The Hall–Kier alpha value is -2.93. The second-order valence-electron chi connectivity index (χ2n) is 7.22. The lowest BCUT2D eigenvalue weighted by molar-refractivity contribution is 0.0302. The van der Waals surface area contributed by atoms with E-state index in [0.29, 0.717) is 63.0 Å². The van der Waals surface area contributed by atoms with E-state index in [2.05, 4.69) is 16.0 Å². The Balaban J connectivity index is 1.44. The number of hydrogen-bond donors (Lipinski definition) is 0. The molecule has 0 bridgehead atoms. The number of aryl methyl sites for hydroxylation is 1. The Labute approximate surface area is 162 Å². The number of ether oxygens (including phenoxy) is 2. The first-order valence-corrected chi connectivity index (χ1v) is 9.64. The first-order chi connectivity index (χ1) is 13.7. The van der Waals surface area contributed by atoms with Crippen LogP contribution >= 0.6 is 0 Å². The zero-order valence-corrected chi connectivity index (χ0v) is 15.5. The first kappa shape index (κ1) is 17.2. The van der Waals surface area contributed by atoms with Gasteiger partial charge < -0.3 is 19.3 Å². The second-order valence-corrected chi connectivity index (χ2v) is 7.22. The normalized spacial score (nSPS) is 18.5. The lowest BCUT2D eigenvalue weighted by atomic mass is 10.1. The summed E-state index contributed by atoms with van der Waals surface area (Å²) in [5.74, 6) is 1.49. The minimum atomic E-state index is -0.0460. The highest BCUT2D eigenvalue weighted by Gasteiger charge is 2.27. The summed E-state index contributed by atoms with van der Waals surface area (Å²) in [5.41, 5.74) is 3.45. The van der Waals surface area contributed by atoms with Crippen LogP contribution in [0.1, 0.15) is 32.7 Å². The van der Waals surface area contributed by atoms with Crippen molar-refractivity contribution < 1.29 is 19.1 Å². The number of rotatable bonds is 2. The number of carbonyl (C=O) groups is 2. The Morgan fingerprint density at radius 3 is 2.75 bits per heavy atom.